The molecular formula is C7H9ClN2O4S. The van der Waals surface area contributed by atoms with Crippen molar-refractivity contribution < 1.29 is 17.9 Å². The van der Waals surface area contributed by atoms with E-state index in [1.807, 2.05) is 0 Å². The minimum atomic E-state index is -3.53. The predicted octanol–water partition coefficient (Wildman–Crippen LogP) is 0.551. The molecule has 0 aliphatic rings. The highest BCUT2D eigenvalue weighted by Crippen LogP contribution is 2.31. The Balaban J connectivity index is 3.47. The predicted molar refractivity (Wildman–Crippen MR) is 53.3 cm³/mol. The quantitative estimate of drug-likeness (QED) is 0.731. The summed E-state index contributed by atoms with van der Waals surface area (Å²) >= 11 is 5.76. The zero-order chi connectivity index (χ0) is 11.6. The van der Waals surface area contributed by atoms with E-state index in [1.165, 1.54) is 14.2 Å². The minimum Gasteiger partial charge on any atom is -0.480 e. The number of hydrogen-bond acceptors (Lipinski definition) is 6. The van der Waals surface area contributed by atoms with E-state index in [0.717, 1.165) is 6.26 Å². The largest absolute Gasteiger partial charge is 0.480 e. The summed E-state index contributed by atoms with van der Waals surface area (Å²) in [6.45, 7) is 0. The molecule has 0 atom stereocenters. The van der Waals surface area contributed by atoms with Crippen LogP contribution in [-0.2, 0) is 9.84 Å². The molecule has 0 bridgehead atoms. The van der Waals surface area contributed by atoms with Crippen LogP contribution in [0.25, 0.3) is 0 Å². The van der Waals surface area contributed by atoms with Gasteiger partial charge in [-0.25, -0.2) is 8.42 Å². The molecule has 1 heterocycles. The van der Waals surface area contributed by atoms with Crippen LogP contribution in [0.15, 0.2) is 5.16 Å². The zero-order valence-corrected chi connectivity index (χ0v) is 9.89. The highest BCUT2D eigenvalue weighted by molar-refractivity contribution is 7.90. The first-order valence-corrected chi connectivity index (χ1v) is 6.02. The topological polar surface area (TPSA) is 78.4 Å². The van der Waals surface area contributed by atoms with Crippen LogP contribution in [-0.4, -0.2) is 38.9 Å². The molecule has 0 unspecified atom stereocenters. The van der Waals surface area contributed by atoms with E-state index < -0.39 is 9.84 Å². The van der Waals surface area contributed by atoms with Gasteiger partial charge in [0.15, 0.2) is 5.02 Å². The molecule has 1 rings (SSSR count). The maximum Gasteiger partial charge on any atom is 0.253 e. The van der Waals surface area contributed by atoms with E-state index in [-0.39, 0.29) is 21.9 Å². The lowest BCUT2D eigenvalue weighted by atomic mass is 10.6. The second-order valence-electron chi connectivity index (χ2n) is 2.61. The van der Waals surface area contributed by atoms with Gasteiger partial charge in [0.2, 0.25) is 21.6 Å². The molecule has 0 saturated heterocycles. The Morgan fingerprint density at radius 2 is 1.53 bits per heavy atom. The van der Waals surface area contributed by atoms with Crippen molar-refractivity contribution in [3.05, 3.63) is 5.02 Å². The molecule has 0 aliphatic heterocycles. The monoisotopic (exact) mass is 252 g/mol. The number of sulfone groups is 1. The van der Waals surface area contributed by atoms with Crippen LogP contribution in [0.4, 0.5) is 0 Å². The van der Waals surface area contributed by atoms with Gasteiger partial charge in [0.1, 0.15) is 0 Å². The van der Waals surface area contributed by atoms with Crippen LogP contribution in [0.5, 0.6) is 11.8 Å². The zero-order valence-electron chi connectivity index (χ0n) is 8.31. The molecule has 0 spiro atoms. The molecule has 0 saturated carbocycles. The minimum absolute atomic E-state index is 0.0346. The summed E-state index contributed by atoms with van der Waals surface area (Å²) in [5.41, 5.74) is 0. The van der Waals surface area contributed by atoms with Gasteiger partial charge in [-0.3, -0.25) is 0 Å². The number of ether oxygens (including phenoxy) is 2. The summed E-state index contributed by atoms with van der Waals surface area (Å²) < 4.78 is 32.0. The van der Waals surface area contributed by atoms with E-state index in [0.29, 0.717) is 0 Å². The molecule has 8 heteroatoms. The Bertz CT molecular complexity index is 449. The molecule has 0 aromatic carbocycles. The van der Waals surface area contributed by atoms with E-state index in [2.05, 4.69) is 9.97 Å². The van der Waals surface area contributed by atoms with Gasteiger partial charge in [-0.1, -0.05) is 11.6 Å². The van der Waals surface area contributed by atoms with Gasteiger partial charge in [-0.05, 0) is 0 Å². The van der Waals surface area contributed by atoms with Crippen LogP contribution < -0.4 is 9.47 Å². The standard InChI is InChI=1S/C7H9ClN2O4S/c1-13-5-4(8)6(14-2)10-7(9-5)15(3,11)12/h1-3H3. The van der Waals surface area contributed by atoms with Crippen molar-refractivity contribution in [3.8, 4) is 11.8 Å². The van der Waals surface area contributed by atoms with Gasteiger partial charge < -0.3 is 9.47 Å². The summed E-state index contributed by atoms with van der Waals surface area (Å²) in [5.74, 6) is -0.0760. The van der Waals surface area contributed by atoms with E-state index in [4.69, 9.17) is 21.1 Å². The first-order chi connectivity index (χ1) is 6.90. The lowest BCUT2D eigenvalue weighted by Crippen LogP contribution is -2.07. The van der Waals surface area contributed by atoms with Gasteiger partial charge in [-0.2, -0.15) is 9.97 Å². The Kier molecular flexibility index (Phi) is 3.35. The van der Waals surface area contributed by atoms with Crippen molar-refractivity contribution in [1.29, 1.82) is 0 Å². The SMILES string of the molecule is COc1nc(S(C)(=O)=O)nc(OC)c1Cl. The molecule has 1 aromatic rings. The Morgan fingerprint density at radius 3 is 1.80 bits per heavy atom. The van der Waals surface area contributed by atoms with Gasteiger partial charge in [0, 0.05) is 6.26 Å². The van der Waals surface area contributed by atoms with Crippen LogP contribution in [0.3, 0.4) is 0 Å². The molecule has 0 fully saturated rings. The smallest absolute Gasteiger partial charge is 0.253 e. The molecule has 15 heavy (non-hydrogen) atoms. The van der Waals surface area contributed by atoms with Crippen LogP contribution in [0.1, 0.15) is 0 Å². The maximum absolute atomic E-state index is 11.2. The van der Waals surface area contributed by atoms with Gasteiger partial charge in [-0.15, -0.1) is 0 Å². The highest BCUT2D eigenvalue weighted by atomic mass is 35.5. The van der Waals surface area contributed by atoms with Gasteiger partial charge >= 0.3 is 0 Å². The maximum atomic E-state index is 11.2. The third-order valence-electron chi connectivity index (χ3n) is 1.49. The first kappa shape index (κ1) is 12.0. The number of rotatable bonds is 3. The highest BCUT2D eigenvalue weighted by Gasteiger charge is 2.19. The normalized spacial score (nSPS) is 11.2. The number of nitrogens with zero attached hydrogens (tertiary/aromatic N) is 2. The fourth-order valence-corrected chi connectivity index (χ4v) is 1.56. The molecule has 84 valence electrons. The van der Waals surface area contributed by atoms with E-state index >= 15 is 0 Å². The third kappa shape index (κ3) is 2.48. The second-order valence-corrected chi connectivity index (χ2v) is 4.90. The van der Waals surface area contributed by atoms with Crippen molar-refractivity contribution in [2.24, 2.45) is 0 Å². The van der Waals surface area contributed by atoms with Crippen molar-refractivity contribution in [2.45, 2.75) is 5.16 Å². The first-order valence-electron chi connectivity index (χ1n) is 3.75. The van der Waals surface area contributed by atoms with Gasteiger partial charge in [0.05, 0.1) is 14.2 Å². The Morgan fingerprint density at radius 1 is 1.13 bits per heavy atom. The summed E-state index contributed by atoms with van der Waals surface area (Å²) in [6, 6.07) is 0. The fraction of sp³-hybridized carbons (Fsp3) is 0.429. The second kappa shape index (κ2) is 4.19. The lowest BCUT2D eigenvalue weighted by molar-refractivity contribution is 0.363. The molecule has 0 N–H and O–H groups in total. The van der Waals surface area contributed by atoms with Gasteiger partial charge in [0.25, 0.3) is 5.16 Å². The molecule has 6 nitrogen and oxygen atoms in total. The van der Waals surface area contributed by atoms with Crippen molar-refractivity contribution in [1.82, 2.24) is 9.97 Å². The van der Waals surface area contributed by atoms with E-state index in [1.54, 1.807) is 0 Å². The van der Waals surface area contributed by atoms with E-state index in [9.17, 15) is 8.42 Å². The Labute approximate surface area is 92.1 Å². The molecule has 1 aromatic heterocycles. The average Bonchev–Trinajstić information content (AvgIpc) is 2.16. The molecule has 0 amide bonds. The van der Waals surface area contributed by atoms with Crippen molar-refractivity contribution in [2.75, 3.05) is 20.5 Å². The summed E-state index contributed by atoms with van der Waals surface area (Å²) in [5, 5.41) is -0.354. The average molecular weight is 253 g/mol. The van der Waals surface area contributed by atoms with Crippen LogP contribution >= 0.6 is 11.6 Å². The molecule has 0 radical (unpaired) electrons. The molecular weight excluding hydrogens is 244 g/mol. The van der Waals surface area contributed by atoms with Crippen LogP contribution in [0.2, 0.25) is 5.02 Å². The fourth-order valence-electron chi connectivity index (χ4n) is 0.825. The summed E-state index contributed by atoms with van der Waals surface area (Å²) in [6.07, 6.45) is 0.981. The summed E-state index contributed by atoms with van der Waals surface area (Å²) in [7, 11) is -0.887. The number of halogens is 1. The Hall–Kier alpha value is -1.08. The number of aromatic nitrogens is 2. The number of hydrogen-bond donors (Lipinski definition) is 0. The number of methoxy groups -OCH3 is 2. The van der Waals surface area contributed by atoms with Crippen molar-refractivity contribution in [3.63, 3.8) is 0 Å². The van der Waals surface area contributed by atoms with Crippen molar-refractivity contribution >= 4 is 21.4 Å². The molecule has 0 aliphatic carbocycles. The lowest BCUT2D eigenvalue weighted by Gasteiger charge is -2.07. The van der Waals surface area contributed by atoms with Crippen LogP contribution in [0, 0.1) is 0 Å². The third-order valence-corrected chi connectivity index (χ3v) is 2.66. The summed E-state index contributed by atoms with van der Waals surface area (Å²) in [4.78, 5) is 7.27.